The number of hydrogen-bond acceptors (Lipinski definition) is 2. The van der Waals surface area contributed by atoms with Gasteiger partial charge in [-0.1, -0.05) is 26.3 Å². The summed E-state index contributed by atoms with van der Waals surface area (Å²) in [5.41, 5.74) is 1.43. The first-order valence-corrected chi connectivity index (χ1v) is 5.38. The summed E-state index contributed by atoms with van der Waals surface area (Å²) in [5, 5.41) is 0. The van der Waals surface area contributed by atoms with Crippen molar-refractivity contribution < 1.29 is 9.53 Å². The van der Waals surface area contributed by atoms with Gasteiger partial charge in [0.15, 0.2) is 0 Å². The molecule has 14 heavy (non-hydrogen) atoms. The van der Waals surface area contributed by atoms with Gasteiger partial charge in [-0.05, 0) is 30.8 Å². The number of esters is 1. The number of ether oxygens (including phenoxy) is 1. The molecule has 1 aliphatic carbocycles. The van der Waals surface area contributed by atoms with E-state index in [9.17, 15) is 4.79 Å². The molecule has 0 heterocycles. The monoisotopic (exact) mass is 196 g/mol. The van der Waals surface area contributed by atoms with Gasteiger partial charge in [-0.2, -0.15) is 0 Å². The van der Waals surface area contributed by atoms with Crippen LogP contribution >= 0.6 is 0 Å². The number of carbonyl (C=O) groups is 1. The van der Waals surface area contributed by atoms with Crippen LogP contribution in [0.2, 0.25) is 0 Å². The third kappa shape index (κ3) is 2.86. The summed E-state index contributed by atoms with van der Waals surface area (Å²) in [4.78, 5) is 10.9. The van der Waals surface area contributed by atoms with E-state index < -0.39 is 0 Å². The van der Waals surface area contributed by atoms with E-state index in [2.05, 4.69) is 26.8 Å². The second-order valence-corrected chi connectivity index (χ2v) is 4.49. The third-order valence-corrected chi connectivity index (χ3v) is 2.87. The SMILES string of the molecule is CC(=O)OC1C=C(C(C)C)CCC1C. The molecule has 0 N–H and O–H groups in total. The van der Waals surface area contributed by atoms with Crippen molar-refractivity contribution in [2.24, 2.45) is 11.8 Å². The van der Waals surface area contributed by atoms with Gasteiger partial charge in [0.25, 0.3) is 0 Å². The highest BCUT2D eigenvalue weighted by Gasteiger charge is 2.24. The molecule has 0 saturated carbocycles. The summed E-state index contributed by atoms with van der Waals surface area (Å²) in [6.45, 7) is 7.99. The van der Waals surface area contributed by atoms with Gasteiger partial charge in [0.05, 0.1) is 0 Å². The van der Waals surface area contributed by atoms with Gasteiger partial charge in [-0.25, -0.2) is 0 Å². The van der Waals surface area contributed by atoms with Crippen molar-refractivity contribution in [3.8, 4) is 0 Å². The minimum atomic E-state index is -0.178. The maximum absolute atomic E-state index is 10.9. The maximum Gasteiger partial charge on any atom is 0.303 e. The molecule has 0 aromatic carbocycles. The first-order chi connectivity index (χ1) is 6.50. The summed E-state index contributed by atoms with van der Waals surface area (Å²) >= 11 is 0. The van der Waals surface area contributed by atoms with Crippen molar-refractivity contribution in [3.63, 3.8) is 0 Å². The fourth-order valence-corrected chi connectivity index (χ4v) is 1.84. The molecule has 0 saturated heterocycles. The molecular weight excluding hydrogens is 176 g/mol. The Balaban J connectivity index is 2.70. The molecule has 0 aromatic rings. The molecule has 0 spiro atoms. The van der Waals surface area contributed by atoms with E-state index in [4.69, 9.17) is 4.74 Å². The van der Waals surface area contributed by atoms with E-state index in [1.807, 2.05) is 0 Å². The minimum Gasteiger partial charge on any atom is -0.458 e. The van der Waals surface area contributed by atoms with Crippen LogP contribution < -0.4 is 0 Å². The van der Waals surface area contributed by atoms with E-state index in [0.29, 0.717) is 11.8 Å². The molecular formula is C12H20O2. The Morgan fingerprint density at radius 1 is 1.57 bits per heavy atom. The van der Waals surface area contributed by atoms with E-state index in [0.717, 1.165) is 12.8 Å². The van der Waals surface area contributed by atoms with Gasteiger partial charge >= 0.3 is 5.97 Å². The topological polar surface area (TPSA) is 26.3 Å². The molecule has 0 amide bonds. The summed E-state index contributed by atoms with van der Waals surface area (Å²) < 4.78 is 5.27. The van der Waals surface area contributed by atoms with Crippen molar-refractivity contribution in [2.75, 3.05) is 0 Å². The average Bonchev–Trinajstić information content (AvgIpc) is 2.07. The maximum atomic E-state index is 10.9. The van der Waals surface area contributed by atoms with Crippen LogP contribution in [0.15, 0.2) is 11.6 Å². The zero-order chi connectivity index (χ0) is 10.7. The molecule has 1 rings (SSSR count). The molecule has 0 bridgehead atoms. The van der Waals surface area contributed by atoms with Crippen LogP contribution in [0, 0.1) is 11.8 Å². The lowest BCUT2D eigenvalue weighted by Gasteiger charge is -2.28. The molecule has 2 unspecified atom stereocenters. The Labute approximate surface area is 86.3 Å². The van der Waals surface area contributed by atoms with E-state index in [1.54, 1.807) is 0 Å². The van der Waals surface area contributed by atoms with Crippen LogP contribution in [0.4, 0.5) is 0 Å². The molecule has 2 nitrogen and oxygen atoms in total. The molecule has 2 heteroatoms. The van der Waals surface area contributed by atoms with Gasteiger partial charge in [0.1, 0.15) is 6.10 Å². The van der Waals surface area contributed by atoms with Crippen LogP contribution in [0.5, 0.6) is 0 Å². The van der Waals surface area contributed by atoms with Crippen molar-refractivity contribution in [3.05, 3.63) is 11.6 Å². The molecule has 2 atom stereocenters. The van der Waals surface area contributed by atoms with Crippen molar-refractivity contribution in [2.45, 2.75) is 46.6 Å². The zero-order valence-electron chi connectivity index (χ0n) is 9.54. The Bertz CT molecular complexity index is 241. The standard InChI is InChI=1S/C12H20O2/c1-8(2)11-6-5-9(3)12(7-11)14-10(4)13/h7-9,12H,5-6H2,1-4H3. The Kier molecular flexibility index (Phi) is 3.73. The number of allylic oxidation sites excluding steroid dienone is 1. The quantitative estimate of drug-likeness (QED) is 0.501. The number of rotatable bonds is 2. The number of carbonyl (C=O) groups excluding carboxylic acids is 1. The van der Waals surface area contributed by atoms with Gasteiger partial charge in [-0.3, -0.25) is 4.79 Å². The van der Waals surface area contributed by atoms with Gasteiger partial charge in [-0.15, -0.1) is 0 Å². The fraction of sp³-hybridized carbons (Fsp3) is 0.750. The van der Waals surface area contributed by atoms with E-state index in [-0.39, 0.29) is 12.1 Å². The first kappa shape index (κ1) is 11.3. The predicted molar refractivity (Wildman–Crippen MR) is 56.9 cm³/mol. The molecule has 0 aliphatic heterocycles. The van der Waals surface area contributed by atoms with Crippen LogP contribution in [0.1, 0.15) is 40.5 Å². The summed E-state index contributed by atoms with van der Waals surface area (Å²) in [7, 11) is 0. The molecule has 1 aliphatic rings. The lowest BCUT2D eigenvalue weighted by atomic mass is 9.84. The largest absolute Gasteiger partial charge is 0.458 e. The lowest BCUT2D eigenvalue weighted by Crippen LogP contribution is -2.26. The smallest absolute Gasteiger partial charge is 0.303 e. The fourth-order valence-electron chi connectivity index (χ4n) is 1.84. The Hall–Kier alpha value is -0.790. The van der Waals surface area contributed by atoms with Gasteiger partial charge in [0, 0.05) is 6.92 Å². The summed E-state index contributed by atoms with van der Waals surface area (Å²) in [6, 6.07) is 0. The van der Waals surface area contributed by atoms with Crippen molar-refractivity contribution in [1.29, 1.82) is 0 Å². The predicted octanol–water partition coefficient (Wildman–Crippen LogP) is 2.93. The Morgan fingerprint density at radius 2 is 2.21 bits per heavy atom. The summed E-state index contributed by atoms with van der Waals surface area (Å²) in [6.07, 6.45) is 4.41. The van der Waals surface area contributed by atoms with Crippen molar-refractivity contribution in [1.82, 2.24) is 0 Å². The third-order valence-electron chi connectivity index (χ3n) is 2.87. The highest BCUT2D eigenvalue weighted by molar-refractivity contribution is 5.66. The average molecular weight is 196 g/mol. The molecule has 80 valence electrons. The zero-order valence-corrected chi connectivity index (χ0v) is 9.54. The summed E-state index contributed by atoms with van der Waals surface area (Å²) in [5.74, 6) is 0.852. The van der Waals surface area contributed by atoms with Crippen molar-refractivity contribution >= 4 is 5.97 Å². The normalized spacial score (nSPS) is 27.4. The molecule has 0 fully saturated rings. The van der Waals surface area contributed by atoms with Crippen LogP contribution in [-0.2, 0) is 9.53 Å². The molecule has 0 aromatic heterocycles. The number of hydrogen-bond donors (Lipinski definition) is 0. The van der Waals surface area contributed by atoms with Crippen LogP contribution in [0.25, 0.3) is 0 Å². The van der Waals surface area contributed by atoms with Crippen LogP contribution in [-0.4, -0.2) is 12.1 Å². The first-order valence-electron chi connectivity index (χ1n) is 5.38. The van der Waals surface area contributed by atoms with Crippen LogP contribution in [0.3, 0.4) is 0 Å². The minimum absolute atomic E-state index is 0.00125. The second-order valence-electron chi connectivity index (χ2n) is 4.49. The van der Waals surface area contributed by atoms with Gasteiger partial charge < -0.3 is 4.74 Å². The van der Waals surface area contributed by atoms with Gasteiger partial charge in [0.2, 0.25) is 0 Å². The Morgan fingerprint density at radius 3 is 2.71 bits per heavy atom. The highest BCUT2D eigenvalue weighted by Crippen LogP contribution is 2.29. The molecule has 0 radical (unpaired) electrons. The lowest BCUT2D eigenvalue weighted by molar-refractivity contribution is -0.146. The second kappa shape index (κ2) is 4.63. The highest BCUT2D eigenvalue weighted by atomic mass is 16.5. The van der Waals surface area contributed by atoms with E-state index in [1.165, 1.54) is 12.5 Å². The van der Waals surface area contributed by atoms with E-state index >= 15 is 0 Å².